The molecule has 0 aliphatic carbocycles. The molecular formula is C18H19F2NO3S. The zero-order chi connectivity index (χ0) is 18.3. The molecule has 2 aromatic rings. The van der Waals surface area contributed by atoms with E-state index in [-0.39, 0.29) is 6.61 Å². The van der Waals surface area contributed by atoms with E-state index in [1.807, 2.05) is 0 Å². The van der Waals surface area contributed by atoms with Crippen LogP contribution < -0.4 is 10.1 Å². The number of halogens is 2. The van der Waals surface area contributed by atoms with Crippen molar-refractivity contribution < 1.29 is 23.0 Å². The summed E-state index contributed by atoms with van der Waals surface area (Å²) in [6.45, 7) is 1.59. The number of thioether (sulfide) groups is 1. The summed E-state index contributed by atoms with van der Waals surface area (Å²) in [7, 11) is 1.51. The number of benzene rings is 2. The van der Waals surface area contributed by atoms with Gasteiger partial charge in [0.1, 0.15) is 5.75 Å². The summed E-state index contributed by atoms with van der Waals surface area (Å²) in [6, 6.07) is 12.7. The lowest BCUT2D eigenvalue weighted by Crippen LogP contribution is -2.44. The largest absolute Gasteiger partial charge is 0.497 e. The highest BCUT2D eigenvalue weighted by atomic mass is 32.2. The molecule has 0 radical (unpaired) electrons. The Labute approximate surface area is 149 Å². The Balaban J connectivity index is 2.22. The van der Waals surface area contributed by atoms with E-state index in [1.165, 1.54) is 7.11 Å². The van der Waals surface area contributed by atoms with E-state index in [0.29, 0.717) is 28.1 Å². The van der Waals surface area contributed by atoms with Gasteiger partial charge < -0.3 is 14.8 Å². The number of methoxy groups -OCH3 is 1. The molecule has 0 saturated carbocycles. The number of alkyl halides is 2. The van der Waals surface area contributed by atoms with Gasteiger partial charge in [0.25, 0.3) is 0 Å². The first-order chi connectivity index (χ1) is 12.0. The second-order valence-electron chi connectivity index (χ2n) is 5.03. The lowest BCUT2D eigenvalue weighted by atomic mass is 10.2. The number of ether oxygens (including phenoxy) is 2. The van der Waals surface area contributed by atoms with Crippen LogP contribution >= 0.6 is 11.8 Å². The number of nitrogens with one attached hydrogen (secondary N) is 1. The molecule has 1 N–H and O–H groups in total. The fraction of sp³-hybridized carbons (Fsp3) is 0.278. The molecule has 0 unspecified atom stereocenters. The highest BCUT2D eigenvalue weighted by Crippen LogP contribution is 2.40. The number of esters is 1. The molecule has 7 heteroatoms. The zero-order valence-corrected chi connectivity index (χ0v) is 14.7. The molecule has 0 amide bonds. The summed E-state index contributed by atoms with van der Waals surface area (Å²) >= 11 is 0.314. The second-order valence-corrected chi connectivity index (χ2v) is 6.25. The smallest absolute Gasteiger partial charge is 0.335 e. The molecule has 0 bridgehead atoms. The lowest BCUT2D eigenvalue weighted by Gasteiger charge is -2.26. The van der Waals surface area contributed by atoms with E-state index in [0.717, 1.165) is 0 Å². The lowest BCUT2D eigenvalue weighted by molar-refractivity contribution is -0.148. The number of carbonyl (C=O) groups is 1. The van der Waals surface area contributed by atoms with Gasteiger partial charge in [-0.1, -0.05) is 18.2 Å². The van der Waals surface area contributed by atoms with Gasteiger partial charge in [-0.05, 0) is 55.1 Å². The number of anilines is 1. The molecule has 1 atom stereocenters. The van der Waals surface area contributed by atoms with E-state index in [4.69, 9.17) is 9.47 Å². The van der Waals surface area contributed by atoms with Crippen LogP contribution in [0.15, 0.2) is 59.5 Å². The van der Waals surface area contributed by atoms with E-state index in [2.05, 4.69) is 5.32 Å². The van der Waals surface area contributed by atoms with E-state index >= 15 is 0 Å². The van der Waals surface area contributed by atoms with Gasteiger partial charge in [-0.15, -0.1) is 0 Å². The fourth-order valence-corrected chi connectivity index (χ4v) is 2.94. The molecule has 0 aromatic heterocycles. The molecule has 134 valence electrons. The van der Waals surface area contributed by atoms with Crippen molar-refractivity contribution >= 4 is 23.4 Å². The minimum Gasteiger partial charge on any atom is -0.497 e. The Morgan fingerprint density at radius 1 is 1.16 bits per heavy atom. The summed E-state index contributed by atoms with van der Waals surface area (Å²) in [6.07, 6.45) is 0. The van der Waals surface area contributed by atoms with Crippen molar-refractivity contribution in [3.05, 3.63) is 54.6 Å². The number of rotatable bonds is 8. The monoisotopic (exact) mass is 367 g/mol. The quantitative estimate of drug-likeness (QED) is 0.553. The van der Waals surface area contributed by atoms with Gasteiger partial charge in [0.15, 0.2) is 6.04 Å². The molecule has 2 rings (SSSR count). The maximum atomic E-state index is 14.8. The van der Waals surface area contributed by atoms with Crippen LogP contribution in [0.5, 0.6) is 5.75 Å². The average Bonchev–Trinajstić information content (AvgIpc) is 2.60. The van der Waals surface area contributed by atoms with Gasteiger partial charge in [0, 0.05) is 10.6 Å². The minimum atomic E-state index is -3.41. The van der Waals surface area contributed by atoms with E-state index in [1.54, 1.807) is 61.5 Å². The number of carbonyl (C=O) groups excluding carboxylic acids is 1. The Hall–Kier alpha value is -2.28. The van der Waals surface area contributed by atoms with Crippen LogP contribution in [0.25, 0.3) is 0 Å². The van der Waals surface area contributed by atoms with Crippen LogP contribution in [0.3, 0.4) is 0 Å². The van der Waals surface area contributed by atoms with Crippen molar-refractivity contribution in [1.29, 1.82) is 0 Å². The highest BCUT2D eigenvalue weighted by molar-refractivity contribution is 8.00. The van der Waals surface area contributed by atoms with Crippen LogP contribution in [0, 0.1) is 0 Å². The van der Waals surface area contributed by atoms with Crippen molar-refractivity contribution in [3.8, 4) is 5.75 Å². The molecular weight excluding hydrogens is 348 g/mol. The molecule has 4 nitrogen and oxygen atoms in total. The summed E-state index contributed by atoms with van der Waals surface area (Å²) < 4.78 is 39.4. The van der Waals surface area contributed by atoms with Crippen LogP contribution in [-0.4, -0.2) is 31.0 Å². The minimum absolute atomic E-state index is 0.0196. The van der Waals surface area contributed by atoms with E-state index < -0.39 is 17.3 Å². The van der Waals surface area contributed by atoms with E-state index in [9.17, 15) is 13.6 Å². The van der Waals surface area contributed by atoms with Crippen LogP contribution in [0.1, 0.15) is 6.92 Å². The summed E-state index contributed by atoms with van der Waals surface area (Å²) in [5.41, 5.74) is 0.368. The predicted octanol–water partition coefficient (Wildman–Crippen LogP) is 4.42. The molecule has 0 fully saturated rings. The zero-order valence-electron chi connectivity index (χ0n) is 13.9. The third-order valence-electron chi connectivity index (χ3n) is 3.26. The highest BCUT2D eigenvalue weighted by Gasteiger charge is 2.46. The van der Waals surface area contributed by atoms with Crippen LogP contribution in [-0.2, 0) is 9.53 Å². The Kier molecular flexibility index (Phi) is 6.64. The van der Waals surface area contributed by atoms with Crippen molar-refractivity contribution in [2.24, 2.45) is 0 Å². The summed E-state index contributed by atoms with van der Waals surface area (Å²) in [4.78, 5) is 12.5. The third-order valence-corrected chi connectivity index (χ3v) is 4.27. The topological polar surface area (TPSA) is 47.6 Å². The van der Waals surface area contributed by atoms with Crippen molar-refractivity contribution in [2.45, 2.75) is 23.1 Å². The third kappa shape index (κ3) is 5.35. The fourth-order valence-electron chi connectivity index (χ4n) is 2.06. The van der Waals surface area contributed by atoms with Crippen LogP contribution in [0.2, 0.25) is 0 Å². The summed E-state index contributed by atoms with van der Waals surface area (Å²) in [5.74, 6) is -0.421. The van der Waals surface area contributed by atoms with Gasteiger partial charge in [-0.2, -0.15) is 8.78 Å². The molecule has 2 aromatic carbocycles. The second kappa shape index (κ2) is 8.71. The van der Waals surface area contributed by atoms with Gasteiger partial charge in [-0.3, -0.25) is 0 Å². The molecule has 0 heterocycles. The Morgan fingerprint density at radius 3 is 2.36 bits per heavy atom. The molecule has 0 spiro atoms. The molecule has 0 aliphatic rings. The van der Waals surface area contributed by atoms with Crippen molar-refractivity contribution in [2.75, 3.05) is 19.0 Å². The van der Waals surface area contributed by atoms with Gasteiger partial charge >= 0.3 is 11.2 Å². The Morgan fingerprint density at radius 2 is 1.80 bits per heavy atom. The average molecular weight is 367 g/mol. The molecule has 25 heavy (non-hydrogen) atoms. The molecule has 0 saturated heterocycles. The Bertz CT molecular complexity index is 680. The van der Waals surface area contributed by atoms with Crippen molar-refractivity contribution in [1.82, 2.24) is 0 Å². The maximum absolute atomic E-state index is 14.8. The first-order valence-electron chi connectivity index (χ1n) is 7.65. The number of hydrogen-bond donors (Lipinski definition) is 1. The number of hydrogen-bond acceptors (Lipinski definition) is 5. The first kappa shape index (κ1) is 19.1. The SMILES string of the molecule is CCOC(=O)[C@@H](Nc1ccc(OC)cc1)C(F)(F)Sc1ccccc1. The maximum Gasteiger partial charge on any atom is 0.335 e. The predicted molar refractivity (Wildman–Crippen MR) is 94.3 cm³/mol. The first-order valence-corrected chi connectivity index (χ1v) is 8.47. The van der Waals surface area contributed by atoms with Gasteiger partial charge in [0.2, 0.25) is 0 Å². The normalized spacial score (nSPS) is 12.3. The van der Waals surface area contributed by atoms with Gasteiger partial charge in [-0.25, -0.2) is 4.79 Å². The van der Waals surface area contributed by atoms with Gasteiger partial charge in [0.05, 0.1) is 13.7 Å². The summed E-state index contributed by atoms with van der Waals surface area (Å²) in [5, 5.41) is -0.835. The van der Waals surface area contributed by atoms with Crippen LogP contribution in [0.4, 0.5) is 14.5 Å². The van der Waals surface area contributed by atoms with Crippen molar-refractivity contribution in [3.63, 3.8) is 0 Å². The standard InChI is InChI=1S/C18H19F2NO3S/c1-3-24-17(22)16(21-13-9-11-14(23-2)12-10-13)18(19,20)25-15-7-5-4-6-8-15/h4-12,16,21H,3H2,1-2H3/t16-/m1/s1. The molecule has 0 aliphatic heterocycles.